The van der Waals surface area contributed by atoms with Gasteiger partial charge in [0.1, 0.15) is 11.0 Å². The number of aryl methyl sites for hydroxylation is 1. The van der Waals surface area contributed by atoms with E-state index in [1.165, 1.54) is 0 Å². The SMILES string of the molecule is Cc1ccc(C[C@]2(C#N)CCCC2=O)c(NC(=O)OC(C)(C)C)c1. The summed E-state index contributed by atoms with van der Waals surface area (Å²) in [7, 11) is 0. The number of anilines is 1. The van der Waals surface area contributed by atoms with Crippen LogP contribution < -0.4 is 5.32 Å². The zero-order chi connectivity index (χ0) is 18.0. The fourth-order valence-corrected chi connectivity index (χ4v) is 2.97. The third kappa shape index (κ3) is 4.14. The molecule has 128 valence electrons. The first kappa shape index (κ1) is 18.0. The molecule has 1 amide bonds. The normalized spacial score (nSPS) is 20.5. The van der Waals surface area contributed by atoms with Crippen LogP contribution >= 0.6 is 0 Å². The molecular formula is C19H24N2O3. The fraction of sp³-hybridized carbons (Fsp3) is 0.526. The number of ether oxygens (including phenoxy) is 1. The molecule has 1 aromatic carbocycles. The summed E-state index contributed by atoms with van der Waals surface area (Å²) in [5.74, 6) is -0.00575. The fourth-order valence-electron chi connectivity index (χ4n) is 2.97. The van der Waals surface area contributed by atoms with Crippen LogP contribution in [0.15, 0.2) is 18.2 Å². The second-order valence-corrected chi connectivity index (χ2v) is 7.43. The number of ketones is 1. The Morgan fingerprint density at radius 3 is 2.67 bits per heavy atom. The zero-order valence-electron chi connectivity index (χ0n) is 14.7. The van der Waals surface area contributed by atoms with Crippen molar-refractivity contribution in [2.75, 3.05) is 5.32 Å². The second-order valence-electron chi connectivity index (χ2n) is 7.43. The monoisotopic (exact) mass is 328 g/mol. The van der Waals surface area contributed by atoms with Crippen molar-refractivity contribution < 1.29 is 14.3 Å². The number of nitrogens with one attached hydrogen (secondary N) is 1. The summed E-state index contributed by atoms with van der Waals surface area (Å²) < 4.78 is 5.30. The van der Waals surface area contributed by atoms with E-state index in [9.17, 15) is 14.9 Å². The maximum Gasteiger partial charge on any atom is 0.412 e. The molecule has 0 unspecified atom stereocenters. The van der Waals surface area contributed by atoms with Gasteiger partial charge < -0.3 is 4.74 Å². The largest absolute Gasteiger partial charge is 0.444 e. The van der Waals surface area contributed by atoms with Crippen LogP contribution in [0.4, 0.5) is 10.5 Å². The Kier molecular flexibility index (Phi) is 4.98. The molecule has 1 aliphatic carbocycles. The molecule has 0 heterocycles. The van der Waals surface area contributed by atoms with Crippen molar-refractivity contribution in [1.29, 1.82) is 5.26 Å². The molecule has 1 fully saturated rings. The van der Waals surface area contributed by atoms with Crippen molar-refractivity contribution in [2.45, 2.75) is 59.0 Å². The molecule has 2 rings (SSSR count). The molecule has 0 radical (unpaired) electrons. The van der Waals surface area contributed by atoms with E-state index in [0.717, 1.165) is 17.5 Å². The summed E-state index contributed by atoms with van der Waals surface area (Å²) in [4.78, 5) is 24.3. The highest BCUT2D eigenvalue weighted by Crippen LogP contribution is 2.39. The van der Waals surface area contributed by atoms with Gasteiger partial charge >= 0.3 is 6.09 Å². The number of nitriles is 1. The first-order valence-corrected chi connectivity index (χ1v) is 8.19. The highest BCUT2D eigenvalue weighted by molar-refractivity contribution is 5.91. The standard InChI is InChI=1S/C19H24N2O3/c1-13-7-8-14(11-19(12-20)9-5-6-16(19)22)15(10-13)21-17(23)24-18(2,3)4/h7-8,10H,5-6,9,11H2,1-4H3,(H,21,23)/t19-/m0/s1. The number of amides is 1. The van der Waals surface area contributed by atoms with E-state index in [0.29, 0.717) is 24.9 Å². The number of nitrogens with zero attached hydrogens (tertiary/aromatic N) is 1. The Hall–Kier alpha value is -2.35. The van der Waals surface area contributed by atoms with Gasteiger partial charge in [0.15, 0.2) is 5.78 Å². The maximum atomic E-state index is 12.2. The topological polar surface area (TPSA) is 79.2 Å². The van der Waals surface area contributed by atoms with E-state index in [1.54, 1.807) is 20.8 Å². The molecular weight excluding hydrogens is 304 g/mol. The maximum absolute atomic E-state index is 12.2. The Morgan fingerprint density at radius 1 is 1.42 bits per heavy atom. The minimum atomic E-state index is -0.973. The van der Waals surface area contributed by atoms with Gasteiger partial charge in [-0.05, 0) is 57.7 Å². The molecule has 5 heteroatoms. The number of hydrogen-bond acceptors (Lipinski definition) is 4. The quantitative estimate of drug-likeness (QED) is 0.904. The lowest BCUT2D eigenvalue weighted by molar-refractivity contribution is -0.123. The number of rotatable bonds is 3. The second kappa shape index (κ2) is 6.64. The van der Waals surface area contributed by atoms with Crippen molar-refractivity contribution in [1.82, 2.24) is 0 Å². The highest BCUT2D eigenvalue weighted by Gasteiger charge is 2.42. The summed E-state index contributed by atoms with van der Waals surface area (Å²) >= 11 is 0. The number of carbonyl (C=O) groups excluding carboxylic acids is 2. The molecule has 5 nitrogen and oxygen atoms in total. The first-order chi connectivity index (χ1) is 11.1. The van der Waals surface area contributed by atoms with E-state index in [-0.39, 0.29) is 5.78 Å². The zero-order valence-corrected chi connectivity index (χ0v) is 14.7. The molecule has 0 aromatic heterocycles. The summed E-state index contributed by atoms with van der Waals surface area (Å²) in [5.41, 5.74) is 0.790. The molecule has 0 spiro atoms. The number of hydrogen-bond donors (Lipinski definition) is 1. The smallest absolute Gasteiger partial charge is 0.412 e. The lowest BCUT2D eigenvalue weighted by Crippen LogP contribution is -2.29. The molecule has 0 saturated heterocycles. The van der Waals surface area contributed by atoms with E-state index < -0.39 is 17.1 Å². The van der Waals surface area contributed by atoms with Gasteiger partial charge in [0.25, 0.3) is 0 Å². The molecule has 1 atom stereocenters. The van der Waals surface area contributed by atoms with Crippen molar-refractivity contribution in [2.24, 2.45) is 5.41 Å². The van der Waals surface area contributed by atoms with E-state index in [1.807, 2.05) is 25.1 Å². The Balaban J connectivity index is 2.27. The van der Waals surface area contributed by atoms with Gasteiger partial charge in [0.05, 0.1) is 6.07 Å². The van der Waals surface area contributed by atoms with Crippen LogP contribution in [0.3, 0.4) is 0 Å². The summed E-state index contributed by atoms with van der Waals surface area (Å²) in [6, 6.07) is 7.84. The van der Waals surface area contributed by atoms with Crippen LogP contribution in [0, 0.1) is 23.7 Å². The van der Waals surface area contributed by atoms with Crippen molar-refractivity contribution in [3.8, 4) is 6.07 Å². The van der Waals surface area contributed by atoms with Gasteiger partial charge in [-0.2, -0.15) is 5.26 Å². The van der Waals surface area contributed by atoms with Gasteiger partial charge in [0.2, 0.25) is 0 Å². The molecule has 1 aliphatic rings. The predicted octanol–water partition coefficient (Wildman–Crippen LogP) is 4.15. The van der Waals surface area contributed by atoms with Crippen molar-refractivity contribution in [3.63, 3.8) is 0 Å². The third-order valence-corrected chi connectivity index (χ3v) is 4.15. The minimum Gasteiger partial charge on any atom is -0.444 e. The minimum absolute atomic E-state index is 0.00575. The average molecular weight is 328 g/mol. The summed E-state index contributed by atoms with van der Waals surface area (Å²) in [6.45, 7) is 7.31. The van der Waals surface area contributed by atoms with Crippen LogP contribution in [-0.4, -0.2) is 17.5 Å². The lowest BCUT2D eigenvalue weighted by Gasteiger charge is -2.23. The van der Waals surface area contributed by atoms with Gasteiger partial charge in [-0.15, -0.1) is 0 Å². The average Bonchev–Trinajstić information content (AvgIpc) is 2.81. The summed E-state index contributed by atoms with van der Waals surface area (Å²) in [5, 5.41) is 12.3. The highest BCUT2D eigenvalue weighted by atomic mass is 16.6. The van der Waals surface area contributed by atoms with Crippen LogP contribution in [0.2, 0.25) is 0 Å². The summed E-state index contributed by atoms with van der Waals surface area (Å²) in [6.07, 6.45) is 1.54. The van der Waals surface area contributed by atoms with Gasteiger partial charge in [-0.3, -0.25) is 10.1 Å². The molecule has 1 saturated carbocycles. The van der Waals surface area contributed by atoms with E-state index >= 15 is 0 Å². The van der Waals surface area contributed by atoms with E-state index in [4.69, 9.17) is 4.74 Å². The molecule has 0 aliphatic heterocycles. The molecule has 24 heavy (non-hydrogen) atoms. The van der Waals surface area contributed by atoms with Gasteiger partial charge in [-0.1, -0.05) is 12.1 Å². The number of benzene rings is 1. The lowest BCUT2D eigenvalue weighted by atomic mass is 9.80. The number of carbonyl (C=O) groups is 2. The van der Waals surface area contributed by atoms with Crippen LogP contribution in [-0.2, 0) is 16.0 Å². The molecule has 1 aromatic rings. The Morgan fingerprint density at radius 2 is 2.12 bits per heavy atom. The van der Waals surface area contributed by atoms with Crippen molar-refractivity contribution in [3.05, 3.63) is 29.3 Å². The van der Waals surface area contributed by atoms with Gasteiger partial charge in [0, 0.05) is 18.5 Å². The number of Topliss-reactive ketones (excluding diaryl/α,β-unsaturated/α-hetero) is 1. The van der Waals surface area contributed by atoms with E-state index in [2.05, 4.69) is 11.4 Å². The Bertz CT molecular complexity index is 698. The molecule has 1 N–H and O–H groups in total. The van der Waals surface area contributed by atoms with Crippen LogP contribution in [0.25, 0.3) is 0 Å². The van der Waals surface area contributed by atoms with Crippen LogP contribution in [0.1, 0.15) is 51.2 Å². The first-order valence-electron chi connectivity index (χ1n) is 8.19. The van der Waals surface area contributed by atoms with Crippen molar-refractivity contribution >= 4 is 17.6 Å². The predicted molar refractivity (Wildman–Crippen MR) is 91.6 cm³/mol. The third-order valence-electron chi connectivity index (χ3n) is 4.15. The van der Waals surface area contributed by atoms with Crippen LogP contribution in [0.5, 0.6) is 0 Å². The molecule has 0 bridgehead atoms. The van der Waals surface area contributed by atoms with Gasteiger partial charge in [-0.25, -0.2) is 4.79 Å². The Labute approximate surface area is 143 Å².